The average molecular weight is 711 g/mol. The molecule has 0 fully saturated rings. The summed E-state index contributed by atoms with van der Waals surface area (Å²) in [4.78, 5) is 57.6. The van der Waals surface area contributed by atoms with E-state index in [1.165, 1.54) is 48.5 Å². The fraction of sp³-hybridized carbons (Fsp3) is 0.250. The topological polar surface area (TPSA) is 323 Å². The van der Waals surface area contributed by atoms with Crippen molar-refractivity contribution in [3.63, 3.8) is 0 Å². The third kappa shape index (κ3) is 21.1. The van der Waals surface area contributed by atoms with Crippen molar-refractivity contribution in [1.29, 1.82) is 0 Å². The predicted molar refractivity (Wildman–Crippen MR) is 170 cm³/mol. The molecule has 4 rings (SSSR count). The second-order valence-corrected chi connectivity index (χ2v) is 9.52. The van der Waals surface area contributed by atoms with Crippen LogP contribution in [0.1, 0.15) is 62.2 Å². The minimum absolute atomic E-state index is 0.00338. The summed E-state index contributed by atoms with van der Waals surface area (Å²) in [5, 5.41) is 85.9. The Hall–Kier alpha value is -6.72. The van der Waals surface area contributed by atoms with Crippen LogP contribution in [0.3, 0.4) is 0 Å². The maximum atomic E-state index is 12.6. The van der Waals surface area contributed by atoms with E-state index in [0.29, 0.717) is 11.1 Å². The number of fused-ring (bicyclic) bond motifs is 1. The van der Waals surface area contributed by atoms with Gasteiger partial charge in [-0.3, -0.25) is 24.0 Å². The molecule has 3 aromatic rings. The van der Waals surface area contributed by atoms with Crippen molar-refractivity contribution in [2.24, 2.45) is 0 Å². The van der Waals surface area contributed by atoms with Gasteiger partial charge in [-0.2, -0.15) is 0 Å². The molecule has 18 heteroatoms. The van der Waals surface area contributed by atoms with Crippen LogP contribution < -0.4 is 4.74 Å². The Morgan fingerprint density at radius 2 is 1.02 bits per heavy atom. The zero-order valence-electron chi connectivity index (χ0n) is 27.3. The third-order valence-electron chi connectivity index (χ3n) is 4.86. The first-order valence-electron chi connectivity index (χ1n) is 13.7. The molecule has 0 unspecified atom stereocenters. The third-order valence-corrected chi connectivity index (χ3v) is 4.86. The Morgan fingerprint density at radius 3 is 1.44 bits per heavy atom. The molecule has 3 aromatic carbocycles. The van der Waals surface area contributed by atoms with Gasteiger partial charge in [0.1, 0.15) is 29.1 Å². The molecule has 0 bridgehead atoms. The smallest absolute Gasteiger partial charge is 0.338 e. The molecular weight excluding hydrogens is 672 g/mol. The number of hydrogen-bond donors (Lipinski definition) is 10. The van der Waals surface area contributed by atoms with Crippen LogP contribution in [-0.4, -0.2) is 93.0 Å². The maximum Gasteiger partial charge on any atom is 0.338 e. The van der Waals surface area contributed by atoms with Crippen molar-refractivity contribution in [3.8, 4) is 34.5 Å². The van der Waals surface area contributed by atoms with Gasteiger partial charge in [-0.15, -0.1) is 0 Å². The van der Waals surface area contributed by atoms with E-state index < -0.39 is 48.0 Å². The first kappa shape index (κ1) is 45.4. The Kier molecular flexibility index (Phi) is 20.7. The predicted octanol–water partition coefficient (Wildman–Crippen LogP) is 3.57. The highest BCUT2D eigenvalue weighted by molar-refractivity contribution is 5.89. The van der Waals surface area contributed by atoms with E-state index in [2.05, 4.69) is 0 Å². The molecule has 0 aromatic heterocycles. The van der Waals surface area contributed by atoms with E-state index in [4.69, 9.17) is 59.0 Å². The largest absolute Gasteiger partial charge is 0.508 e. The summed E-state index contributed by atoms with van der Waals surface area (Å²) in [7, 11) is 0. The highest BCUT2D eigenvalue weighted by atomic mass is 16.6. The first-order valence-corrected chi connectivity index (χ1v) is 13.7. The number of esters is 1. The van der Waals surface area contributed by atoms with E-state index in [1.807, 2.05) is 0 Å². The average Bonchev–Trinajstić information content (AvgIpc) is 2.93. The lowest BCUT2D eigenvalue weighted by atomic mass is 9.93. The number of benzene rings is 3. The molecule has 0 saturated heterocycles. The van der Waals surface area contributed by atoms with Gasteiger partial charge in [-0.1, -0.05) is 6.07 Å². The second-order valence-electron chi connectivity index (χ2n) is 9.52. The number of carbonyl (C=O) groups is 6. The summed E-state index contributed by atoms with van der Waals surface area (Å²) in [6.45, 7) is 5.42. The molecule has 0 amide bonds. The summed E-state index contributed by atoms with van der Waals surface area (Å²) in [5.74, 6) is -5.71. The molecule has 10 N–H and O–H groups in total. The van der Waals surface area contributed by atoms with Crippen LogP contribution in [0.25, 0.3) is 0 Å². The first-order chi connectivity index (χ1) is 23.0. The van der Waals surface area contributed by atoms with Crippen LogP contribution in [0.15, 0.2) is 54.6 Å². The Morgan fingerprint density at radius 1 is 0.580 bits per heavy atom. The van der Waals surface area contributed by atoms with Gasteiger partial charge in [0.15, 0.2) is 17.6 Å². The lowest BCUT2D eigenvalue weighted by molar-refractivity contribution is -0.135. The molecule has 0 aliphatic carbocycles. The van der Waals surface area contributed by atoms with Crippen molar-refractivity contribution in [2.45, 2.75) is 53.2 Å². The molecule has 1 aliphatic heterocycles. The highest BCUT2D eigenvalue weighted by Gasteiger charge is 2.36. The minimum Gasteiger partial charge on any atom is -0.508 e. The van der Waals surface area contributed by atoms with Crippen LogP contribution in [0.2, 0.25) is 0 Å². The van der Waals surface area contributed by atoms with E-state index in [1.54, 1.807) is 0 Å². The zero-order chi connectivity index (χ0) is 39.3. The zero-order valence-corrected chi connectivity index (χ0v) is 27.3. The van der Waals surface area contributed by atoms with Gasteiger partial charge in [0.05, 0.1) is 5.56 Å². The lowest BCUT2D eigenvalue weighted by Crippen LogP contribution is -2.34. The molecule has 18 nitrogen and oxygen atoms in total. The molecule has 0 radical (unpaired) electrons. The van der Waals surface area contributed by atoms with Crippen molar-refractivity contribution < 1.29 is 89.3 Å². The van der Waals surface area contributed by atoms with Gasteiger partial charge in [-0.05, 0) is 36.4 Å². The molecular formula is C32H38O18. The number of aliphatic carboxylic acids is 5. The normalized spacial score (nSPS) is 13.1. The van der Waals surface area contributed by atoms with E-state index in [9.17, 15) is 30.3 Å². The molecule has 50 heavy (non-hydrogen) atoms. The summed E-state index contributed by atoms with van der Waals surface area (Å²) >= 11 is 0. The van der Waals surface area contributed by atoms with Crippen LogP contribution in [-0.2, 0) is 35.1 Å². The number of ether oxygens (including phenoxy) is 2. The van der Waals surface area contributed by atoms with Crippen LogP contribution in [0.5, 0.6) is 34.5 Å². The van der Waals surface area contributed by atoms with Crippen molar-refractivity contribution in [3.05, 3.63) is 71.3 Å². The number of aromatic hydroxyl groups is 5. The number of phenolic OH excluding ortho intramolecular Hbond substituents is 5. The Bertz CT molecular complexity index is 1510. The van der Waals surface area contributed by atoms with Crippen LogP contribution >= 0.6 is 0 Å². The number of carbonyl (C=O) groups excluding carboxylic acids is 1. The fourth-order valence-corrected chi connectivity index (χ4v) is 3.35. The van der Waals surface area contributed by atoms with Crippen molar-refractivity contribution in [1.82, 2.24) is 0 Å². The molecule has 2 atom stereocenters. The van der Waals surface area contributed by atoms with Gasteiger partial charge >= 0.3 is 5.97 Å². The molecule has 0 spiro atoms. The van der Waals surface area contributed by atoms with Gasteiger partial charge in [0.25, 0.3) is 29.8 Å². The number of carboxylic acid groups (broad SMARTS) is 5. The lowest BCUT2D eigenvalue weighted by Gasteiger charge is -2.34. The monoisotopic (exact) mass is 710 g/mol. The molecule has 274 valence electrons. The van der Waals surface area contributed by atoms with Crippen molar-refractivity contribution in [2.75, 3.05) is 0 Å². The van der Waals surface area contributed by atoms with Gasteiger partial charge in [0, 0.05) is 64.3 Å². The molecule has 1 aliphatic rings. The van der Waals surface area contributed by atoms with Crippen LogP contribution in [0, 0.1) is 0 Å². The summed E-state index contributed by atoms with van der Waals surface area (Å²) < 4.78 is 11.5. The Balaban J connectivity index is 0. The molecule has 1 heterocycles. The summed E-state index contributed by atoms with van der Waals surface area (Å²) in [6.07, 6.45) is -1.69. The van der Waals surface area contributed by atoms with Crippen molar-refractivity contribution >= 4 is 35.8 Å². The number of hydrogen-bond acceptors (Lipinski definition) is 13. The number of carboxylic acids is 5. The fourth-order valence-electron chi connectivity index (χ4n) is 3.35. The van der Waals surface area contributed by atoms with Gasteiger partial charge in [-0.25, -0.2) is 4.79 Å². The second kappa shape index (κ2) is 22.7. The van der Waals surface area contributed by atoms with Gasteiger partial charge in [0.2, 0.25) is 0 Å². The molecule has 0 saturated carbocycles. The highest BCUT2D eigenvalue weighted by Crippen LogP contribution is 2.44. The van der Waals surface area contributed by atoms with E-state index in [0.717, 1.165) is 40.7 Å². The maximum absolute atomic E-state index is 12.6. The van der Waals surface area contributed by atoms with Gasteiger partial charge < -0.3 is 60.5 Å². The SMILES string of the molecule is CC(=O)O.CC(=O)O.CC(=O)O.CC(=O)O.CC(=O)O.O=C(O[C@@H]1Cc2c(O)cc(O)cc2O[C@@H]1c1ccc(O)c(O)c1)c1ccc(O)cc1. The quantitative estimate of drug-likeness (QED) is 0.137. The van der Waals surface area contributed by atoms with E-state index >= 15 is 0 Å². The Labute approximate surface area is 284 Å². The van der Waals surface area contributed by atoms with Crippen LogP contribution in [0.4, 0.5) is 0 Å². The van der Waals surface area contributed by atoms with E-state index in [-0.39, 0.29) is 46.5 Å². The number of phenols is 5. The standard InChI is InChI=1S/C22H18O8.5C2H4O2/c23-13-4-1-11(2-5-13)22(28)30-20-10-15-17(26)8-14(24)9-19(15)29-21(20)12-3-6-16(25)18(27)7-12;5*1-2(3)4/h1-9,20-21,23-27H,10H2;5*1H3,(H,3,4)/t20-,21-;;;;;/m1...../s1. The minimum atomic E-state index is -0.891. The summed E-state index contributed by atoms with van der Waals surface area (Å²) in [5.41, 5.74) is 0.985. The number of rotatable bonds is 3. The summed E-state index contributed by atoms with van der Waals surface area (Å²) in [6, 6.07) is 12.1.